The summed E-state index contributed by atoms with van der Waals surface area (Å²) in [6, 6.07) is 9.63. The van der Waals surface area contributed by atoms with Gasteiger partial charge >= 0.3 is 11.9 Å². The van der Waals surface area contributed by atoms with Gasteiger partial charge in [-0.15, -0.1) is 10.2 Å². The molecule has 2 atom stereocenters. The molecule has 8 nitrogen and oxygen atoms in total. The van der Waals surface area contributed by atoms with Gasteiger partial charge in [-0.3, -0.25) is 9.36 Å². The fourth-order valence-electron chi connectivity index (χ4n) is 3.73. The van der Waals surface area contributed by atoms with E-state index in [4.69, 9.17) is 37.4 Å². The summed E-state index contributed by atoms with van der Waals surface area (Å²) in [6.07, 6.45) is -2.48. The van der Waals surface area contributed by atoms with E-state index < -0.39 is 36.7 Å². The van der Waals surface area contributed by atoms with Gasteiger partial charge in [0.05, 0.1) is 17.8 Å². The molecule has 1 aliphatic heterocycles. The molecule has 12 heteroatoms. The van der Waals surface area contributed by atoms with E-state index in [0.29, 0.717) is 21.9 Å². The number of esters is 1. The van der Waals surface area contributed by atoms with Gasteiger partial charge < -0.3 is 18.9 Å². The minimum atomic E-state index is -3.52. The van der Waals surface area contributed by atoms with E-state index in [1.165, 1.54) is 19.2 Å². The maximum atomic E-state index is 15.0. The second-order valence-electron chi connectivity index (χ2n) is 7.38. The number of alkyl halides is 2. The van der Waals surface area contributed by atoms with Gasteiger partial charge in [-0.2, -0.15) is 8.78 Å². The van der Waals surface area contributed by atoms with Crippen LogP contribution in [0.1, 0.15) is 42.1 Å². The summed E-state index contributed by atoms with van der Waals surface area (Å²) in [5.74, 6) is -4.75. The Hall–Kier alpha value is -2.79. The van der Waals surface area contributed by atoms with Gasteiger partial charge in [0.25, 0.3) is 6.29 Å². The van der Waals surface area contributed by atoms with E-state index in [1.807, 2.05) is 0 Å². The van der Waals surface area contributed by atoms with Gasteiger partial charge in [0.15, 0.2) is 0 Å². The Bertz CT molecular complexity index is 1240. The third-order valence-corrected chi connectivity index (χ3v) is 5.73. The molecule has 0 amide bonds. The second kappa shape index (κ2) is 9.46. The summed E-state index contributed by atoms with van der Waals surface area (Å²) in [7, 11) is 2.60. The van der Waals surface area contributed by atoms with E-state index in [9.17, 15) is 13.6 Å². The van der Waals surface area contributed by atoms with Crippen LogP contribution in [0.5, 0.6) is 5.75 Å². The number of halogens is 4. The average molecular weight is 514 g/mol. The van der Waals surface area contributed by atoms with Crippen molar-refractivity contribution in [3.8, 4) is 11.4 Å². The highest BCUT2D eigenvalue weighted by molar-refractivity contribution is 6.33. The monoisotopic (exact) mass is 513 g/mol. The molecule has 0 radical (unpaired) electrons. The van der Waals surface area contributed by atoms with E-state index >= 15 is 0 Å². The largest absolute Gasteiger partial charge is 0.495 e. The molecule has 3 aromatic rings. The molecule has 0 bridgehead atoms. The lowest BCUT2D eigenvalue weighted by molar-refractivity contribution is -0.188. The van der Waals surface area contributed by atoms with Crippen molar-refractivity contribution in [3.05, 3.63) is 69.2 Å². The summed E-state index contributed by atoms with van der Waals surface area (Å²) in [5.41, 5.74) is 1.05. The van der Waals surface area contributed by atoms with Crippen LogP contribution < -0.4 is 4.74 Å². The molecular weight excluding hydrogens is 495 g/mol. The van der Waals surface area contributed by atoms with Gasteiger partial charge in [0.1, 0.15) is 18.5 Å². The number of hydrogen-bond donors (Lipinski definition) is 0. The Kier molecular flexibility index (Phi) is 6.77. The van der Waals surface area contributed by atoms with Gasteiger partial charge in [0.2, 0.25) is 11.6 Å². The third kappa shape index (κ3) is 4.34. The summed E-state index contributed by atoms with van der Waals surface area (Å²) < 4.78 is 52.5. The molecule has 4 rings (SSSR count). The third-order valence-electron chi connectivity index (χ3n) is 5.09. The minimum absolute atomic E-state index is 0.161. The average Bonchev–Trinajstić information content (AvgIpc) is 3.18. The zero-order chi connectivity index (χ0) is 24.6. The van der Waals surface area contributed by atoms with E-state index in [0.717, 1.165) is 18.6 Å². The Balaban J connectivity index is 2.01. The first-order chi connectivity index (χ1) is 16.2. The van der Waals surface area contributed by atoms with Crippen LogP contribution in [-0.2, 0) is 24.9 Å². The van der Waals surface area contributed by atoms with E-state index in [1.54, 1.807) is 24.3 Å². The Morgan fingerprint density at radius 1 is 1.18 bits per heavy atom. The number of hydrogen-bond acceptors (Lipinski definition) is 7. The Morgan fingerprint density at radius 3 is 2.62 bits per heavy atom. The number of carbonyl (C=O) groups is 1. The molecule has 1 aromatic heterocycles. The van der Waals surface area contributed by atoms with E-state index in [-0.39, 0.29) is 16.5 Å². The highest BCUT2D eigenvalue weighted by atomic mass is 35.5. The maximum absolute atomic E-state index is 15.0. The van der Waals surface area contributed by atoms with Crippen LogP contribution in [0.2, 0.25) is 10.0 Å². The van der Waals surface area contributed by atoms with E-state index in [2.05, 4.69) is 14.9 Å². The molecule has 0 N–H and O–H groups in total. The van der Waals surface area contributed by atoms with Crippen molar-refractivity contribution in [1.29, 1.82) is 0 Å². The number of benzene rings is 2. The number of rotatable bonds is 6. The number of methoxy groups -OCH3 is 2. The molecule has 0 fully saturated rings. The van der Waals surface area contributed by atoms with Crippen molar-refractivity contribution < 1.29 is 32.5 Å². The van der Waals surface area contributed by atoms with Crippen molar-refractivity contribution in [3.63, 3.8) is 0 Å². The zero-order valence-corrected chi connectivity index (χ0v) is 19.7. The molecule has 0 unspecified atom stereocenters. The molecule has 0 aliphatic carbocycles. The molecule has 1 aliphatic rings. The predicted molar refractivity (Wildman–Crippen MR) is 118 cm³/mol. The van der Waals surface area contributed by atoms with Crippen LogP contribution in [0.15, 0.2) is 36.4 Å². The van der Waals surface area contributed by atoms with Crippen molar-refractivity contribution in [2.75, 3.05) is 20.8 Å². The first-order valence-electron chi connectivity index (χ1n) is 9.95. The lowest BCUT2D eigenvalue weighted by atomic mass is 9.99. The number of aromatic nitrogens is 3. The van der Waals surface area contributed by atoms with Crippen molar-refractivity contribution in [2.24, 2.45) is 0 Å². The molecule has 2 heterocycles. The fraction of sp³-hybridized carbons (Fsp3) is 0.318. The second-order valence-corrected chi connectivity index (χ2v) is 8.19. The maximum Gasteiger partial charge on any atom is 0.329 e. The lowest BCUT2D eigenvalue weighted by Crippen LogP contribution is -2.26. The summed E-state index contributed by atoms with van der Waals surface area (Å²) in [6.45, 7) is 0.214. The number of ether oxygens (including phenoxy) is 4. The molecule has 2 aromatic carbocycles. The van der Waals surface area contributed by atoms with Crippen LogP contribution in [0.25, 0.3) is 5.69 Å². The Morgan fingerprint density at radius 2 is 1.94 bits per heavy atom. The minimum Gasteiger partial charge on any atom is -0.495 e. The van der Waals surface area contributed by atoms with Gasteiger partial charge in [-0.25, -0.2) is 0 Å². The normalized spacial score (nSPS) is 17.5. The zero-order valence-electron chi connectivity index (χ0n) is 18.2. The van der Waals surface area contributed by atoms with Crippen LogP contribution in [0, 0.1) is 0 Å². The molecule has 180 valence electrons. The first kappa shape index (κ1) is 24.3. The highest BCUT2D eigenvalue weighted by Crippen LogP contribution is 2.45. The number of carbonyl (C=O) groups excluding carboxylic acids is 1. The van der Waals surface area contributed by atoms with Crippen molar-refractivity contribution >= 4 is 29.2 Å². The first-order valence-corrected chi connectivity index (χ1v) is 10.7. The SMILES string of the molecule is COCC(F)(F)c1nnc2n1-c1ccc(Cl)cc1[C@@H](c1cccc(OC)c1Cl)O[C@@H]2OC(C)=O. The summed E-state index contributed by atoms with van der Waals surface area (Å²) in [4.78, 5) is 11.9. The topological polar surface area (TPSA) is 84.7 Å². The molecular formula is C22H19Cl2F2N3O5. The summed E-state index contributed by atoms with van der Waals surface area (Å²) >= 11 is 12.8. The quantitative estimate of drug-likeness (QED) is 0.428. The predicted octanol–water partition coefficient (Wildman–Crippen LogP) is 5.00. The lowest BCUT2D eigenvalue weighted by Gasteiger charge is -2.23. The van der Waals surface area contributed by atoms with Gasteiger partial charge in [-0.1, -0.05) is 35.3 Å². The number of fused-ring (bicyclic) bond motifs is 3. The van der Waals surface area contributed by atoms with Crippen LogP contribution in [-0.4, -0.2) is 41.6 Å². The standard InChI is InChI=1S/C22H19Cl2F2N3O5/c1-11(30)33-20-19-27-28-21(22(25,26)10-31-2)29(19)15-8-7-12(23)9-14(15)18(34-20)13-5-4-6-16(32-3)17(13)24/h4-9,18,20H,10H2,1-3H3/t18-,20+/m1/s1. The molecule has 0 spiro atoms. The van der Waals surface area contributed by atoms with Gasteiger partial charge in [0, 0.05) is 30.2 Å². The molecule has 0 saturated carbocycles. The Labute approximate surface area is 203 Å². The van der Waals surface area contributed by atoms with Crippen LogP contribution in [0.4, 0.5) is 8.78 Å². The van der Waals surface area contributed by atoms with Crippen molar-refractivity contribution in [2.45, 2.75) is 25.2 Å². The van der Waals surface area contributed by atoms with Crippen LogP contribution in [0.3, 0.4) is 0 Å². The van der Waals surface area contributed by atoms with Crippen LogP contribution >= 0.6 is 23.2 Å². The highest BCUT2D eigenvalue weighted by Gasteiger charge is 2.44. The van der Waals surface area contributed by atoms with Gasteiger partial charge in [-0.05, 0) is 24.3 Å². The molecule has 0 saturated heterocycles. The summed E-state index contributed by atoms with van der Waals surface area (Å²) in [5, 5.41) is 8.12. The number of nitrogens with zero attached hydrogens (tertiary/aromatic N) is 3. The smallest absolute Gasteiger partial charge is 0.329 e. The molecule has 34 heavy (non-hydrogen) atoms. The fourth-order valence-corrected chi connectivity index (χ4v) is 4.21. The van der Waals surface area contributed by atoms with Crippen molar-refractivity contribution in [1.82, 2.24) is 14.8 Å².